The Labute approximate surface area is 99.0 Å². The molecular formula is C11H13ClN2O2. The lowest BCUT2D eigenvalue weighted by molar-refractivity contribution is 0.0889. The van der Waals surface area contributed by atoms with E-state index in [0.717, 1.165) is 6.42 Å². The molecule has 1 amide bonds. The van der Waals surface area contributed by atoms with Crippen molar-refractivity contribution < 1.29 is 9.53 Å². The molecule has 0 radical (unpaired) electrons. The van der Waals surface area contributed by atoms with Crippen LogP contribution in [-0.4, -0.2) is 29.6 Å². The van der Waals surface area contributed by atoms with Gasteiger partial charge in [-0.15, -0.1) is 0 Å². The monoisotopic (exact) mass is 240 g/mol. The van der Waals surface area contributed by atoms with Crippen LogP contribution in [0, 0.1) is 0 Å². The molecule has 1 aromatic rings. The summed E-state index contributed by atoms with van der Waals surface area (Å²) in [5, 5.41) is 3.27. The topological polar surface area (TPSA) is 51.2 Å². The molecule has 1 saturated heterocycles. The maximum atomic E-state index is 11.9. The van der Waals surface area contributed by atoms with E-state index in [1.54, 1.807) is 12.1 Å². The summed E-state index contributed by atoms with van der Waals surface area (Å²) in [6.45, 7) is 3.21. The summed E-state index contributed by atoms with van der Waals surface area (Å²) in [5.74, 6) is -0.141. The zero-order valence-electron chi connectivity index (χ0n) is 9.00. The van der Waals surface area contributed by atoms with Gasteiger partial charge in [-0.05, 0) is 25.5 Å². The van der Waals surface area contributed by atoms with Gasteiger partial charge >= 0.3 is 0 Å². The van der Waals surface area contributed by atoms with E-state index >= 15 is 0 Å². The highest BCUT2D eigenvalue weighted by atomic mass is 35.5. The van der Waals surface area contributed by atoms with Gasteiger partial charge in [0.2, 0.25) is 0 Å². The van der Waals surface area contributed by atoms with Crippen LogP contribution in [0.15, 0.2) is 18.3 Å². The largest absolute Gasteiger partial charge is 0.379 e. The highest BCUT2D eigenvalue weighted by molar-refractivity contribution is 6.29. The van der Waals surface area contributed by atoms with E-state index in [1.165, 1.54) is 6.20 Å². The molecule has 1 aliphatic rings. The SMILES string of the molecule is CC1(NC(=O)c2ccnc(Cl)c2)CCOC1. The van der Waals surface area contributed by atoms with Crippen molar-refractivity contribution in [1.82, 2.24) is 10.3 Å². The quantitative estimate of drug-likeness (QED) is 0.800. The molecule has 16 heavy (non-hydrogen) atoms. The Morgan fingerprint density at radius 3 is 3.12 bits per heavy atom. The van der Waals surface area contributed by atoms with Gasteiger partial charge < -0.3 is 10.1 Å². The van der Waals surface area contributed by atoms with Crippen molar-refractivity contribution in [3.05, 3.63) is 29.0 Å². The first kappa shape index (κ1) is 11.4. The zero-order valence-corrected chi connectivity index (χ0v) is 9.75. The molecule has 1 aromatic heterocycles. The highest BCUT2D eigenvalue weighted by Crippen LogP contribution is 2.18. The van der Waals surface area contributed by atoms with Crippen molar-refractivity contribution in [2.24, 2.45) is 0 Å². The van der Waals surface area contributed by atoms with Crippen LogP contribution in [0.5, 0.6) is 0 Å². The number of aromatic nitrogens is 1. The number of nitrogens with one attached hydrogen (secondary N) is 1. The first-order valence-corrected chi connectivity index (χ1v) is 5.49. The van der Waals surface area contributed by atoms with Gasteiger partial charge in [0, 0.05) is 18.4 Å². The lowest BCUT2D eigenvalue weighted by Crippen LogP contribution is -2.46. The number of carbonyl (C=O) groups is 1. The van der Waals surface area contributed by atoms with Crippen molar-refractivity contribution in [3.63, 3.8) is 0 Å². The van der Waals surface area contributed by atoms with E-state index in [4.69, 9.17) is 16.3 Å². The molecule has 2 heterocycles. The molecule has 0 aliphatic carbocycles. The zero-order chi connectivity index (χ0) is 11.6. The molecule has 86 valence electrons. The van der Waals surface area contributed by atoms with Gasteiger partial charge in [-0.2, -0.15) is 0 Å². The summed E-state index contributed by atoms with van der Waals surface area (Å²) >= 11 is 5.72. The highest BCUT2D eigenvalue weighted by Gasteiger charge is 2.31. The number of ether oxygens (including phenoxy) is 1. The molecule has 2 rings (SSSR count). The summed E-state index contributed by atoms with van der Waals surface area (Å²) in [6, 6.07) is 3.19. The molecule has 1 fully saturated rings. The van der Waals surface area contributed by atoms with Crippen LogP contribution in [0.3, 0.4) is 0 Å². The van der Waals surface area contributed by atoms with E-state index in [2.05, 4.69) is 10.3 Å². The van der Waals surface area contributed by atoms with Gasteiger partial charge in [0.25, 0.3) is 5.91 Å². The number of pyridine rings is 1. The van der Waals surface area contributed by atoms with E-state index in [-0.39, 0.29) is 11.4 Å². The van der Waals surface area contributed by atoms with Crippen molar-refractivity contribution >= 4 is 17.5 Å². The van der Waals surface area contributed by atoms with E-state index < -0.39 is 0 Å². The predicted octanol–water partition coefficient (Wildman–Crippen LogP) is 1.64. The number of nitrogens with zero attached hydrogens (tertiary/aromatic N) is 1. The average molecular weight is 241 g/mol. The molecule has 0 aromatic carbocycles. The molecule has 1 atom stereocenters. The van der Waals surface area contributed by atoms with Gasteiger partial charge in [0.05, 0.1) is 12.1 Å². The van der Waals surface area contributed by atoms with Crippen molar-refractivity contribution in [1.29, 1.82) is 0 Å². The van der Waals surface area contributed by atoms with Gasteiger partial charge in [-0.25, -0.2) is 4.98 Å². The first-order valence-electron chi connectivity index (χ1n) is 5.11. The van der Waals surface area contributed by atoms with Crippen molar-refractivity contribution in [2.75, 3.05) is 13.2 Å². The second kappa shape index (κ2) is 4.39. The Balaban J connectivity index is 2.08. The standard InChI is InChI=1S/C11H13ClN2O2/c1-11(3-5-16-7-11)14-10(15)8-2-4-13-9(12)6-8/h2,4,6H,3,5,7H2,1H3,(H,14,15). The molecule has 5 heteroatoms. The average Bonchev–Trinajstić information content (AvgIpc) is 2.65. The van der Waals surface area contributed by atoms with E-state index in [9.17, 15) is 4.79 Å². The fourth-order valence-electron chi connectivity index (χ4n) is 1.66. The molecule has 0 saturated carbocycles. The van der Waals surface area contributed by atoms with Crippen LogP contribution in [0.4, 0.5) is 0 Å². The number of amides is 1. The van der Waals surface area contributed by atoms with Crippen molar-refractivity contribution in [3.8, 4) is 0 Å². The Hall–Kier alpha value is -1.13. The van der Waals surface area contributed by atoms with Crippen molar-refractivity contribution in [2.45, 2.75) is 18.9 Å². The fraction of sp³-hybridized carbons (Fsp3) is 0.455. The summed E-state index contributed by atoms with van der Waals surface area (Å²) in [7, 11) is 0. The van der Waals surface area contributed by atoms with Gasteiger partial charge in [0.1, 0.15) is 5.15 Å². The number of carbonyl (C=O) groups excluding carboxylic acids is 1. The fourth-order valence-corrected chi connectivity index (χ4v) is 1.83. The number of rotatable bonds is 2. The molecule has 1 aliphatic heterocycles. The minimum Gasteiger partial charge on any atom is -0.379 e. The maximum Gasteiger partial charge on any atom is 0.251 e. The molecule has 0 spiro atoms. The number of halogens is 1. The third-order valence-electron chi connectivity index (χ3n) is 2.62. The summed E-state index contributed by atoms with van der Waals surface area (Å²) in [5.41, 5.74) is 0.250. The number of hydrogen-bond donors (Lipinski definition) is 1. The third-order valence-corrected chi connectivity index (χ3v) is 2.83. The molecule has 1 unspecified atom stereocenters. The normalized spacial score (nSPS) is 24.4. The Bertz CT molecular complexity index is 403. The minimum atomic E-state index is -0.271. The van der Waals surface area contributed by atoms with Crippen LogP contribution in [0.2, 0.25) is 5.15 Å². The van der Waals surface area contributed by atoms with E-state index in [1.807, 2.05) is 6.92 Å². The molecular weight excluding hydrogens is 228 g/mol. The first-order chi connectivity index (χ1) is 7.59. The third kappa shape index (κ3) is 2.51. The Morgan fingerprint density at radius 2 is 2.50 bits per heavy atom. The second-order valence-electron chi connectivity index (χ2n) is 4.18. The van der Waals surface area contributed by atoms with Gasteiger partial charge in [-0.1, -0.05) is 11.6 Å². The number of hydrogen-bond acceptors (Lipinski definition) is 3. The van der Waals surface area contributed by atoms with E-state index in [0.29, 0.717) is 23.9 Å². The summed E-state index contributed by atoms with van der Waals surface area (Å²) < 4.78 is 5.27. The summed E-state index contributed by atoms with van der Waals surface area (Å²) in [4.78, 5) is 15.7. The lowest BCUT2D eigenvalue weighted by atomic mass is 10.0. The Kier molecular flexibility index (Phi) is 3.12. The minimum absolute atomic E-state index is 0.141. The lowest BCUT2D eigenvalue weighted by Gasteiger charge is -2.23. The maximum absolute atomic E-state index is 11.9. The van der Waals surface area contributed by atoms with Crippen LogP contribution in [0.1, 0.15) is 23.7 Å². The smallest absolute Gasteiger partial charge is 0.251 e. The predicted molar refractivity (Wildman–Crippen MR) is 60.6 cm³/mol. The van der Waals surface area contributed by atoms with Crippen LogP contribution >= 0.6 is 11.6 Å². The van der Waals surface area contributed by atoms with Crippen LogP contribution in [0.25, 0.3) is 0 Å². The van der Waals surface area contributed by atoms with Gasteiger partial charge in [0.15, 0.2) is 0 Å². The van der Waals surface area contributed by atoms with Crippen LogP contribution in [-0.2, 0) is 4.74 Å². The van der Waals surface area contributed by atoms with Crippen LogP contribution < -0.4 is 5.32 Å². The molecule has 4 nitrogen and oxygen atoms in total. The Morgan fingerprint density at radius 1 is 1.69 bits per heavy atom. The van der Waals surface area contributed by atoms with Gasteiger partial charge in [-0.3, -0.25) is 4.79 Å². The molecule has 0 bridgehead atoms. The molecule has 1 N–H and O–H groups in total. The second-order valence-corrected chi connectivity index (χ2v) is 4.57. The summed E-state index contributed by atoms with van der Waals surface area (Å²) in [6.07, 6.45) is 2.35.